The second kappa shape index (κ2) is 7.39. The van der Waals surface area contributed by atoms with Crippen molar-refractivity contribution < 1.29 is 13.5 Å². The van der Waals surface area contributed by atoms with Gasteiger partial charge in [0, 0.05) is 6.54 Å². The number of rotatable bonds is 5. The molecule has 0 amide bonds. The lowest BCUT2D eigenvalue weighted by Crippen LogP contribution is -2.30. The third kappa shape index (κ3) is 3.58. The Bertz CT molecular complexity index is 1070. The predicted molar refractivity (Wildman–Crippen MR) is 101 cm³/mol. The second-order valence-electron chi connectivity index (χ2n) is 6.94. The molecule has 2 aromatic carbocycles. The molecule has 0 saturated carbocycles. The van der Waals surface area contributed by atoms with Gasteiger partial charge in [-0.25, -0.2) is 8.78 Å². The van der Waals surface area contributed by atoms with Crippen molar-refractivity contribution in [1.29, 1.82) is 5.26 Å². The minimum Gasteiger partial charge on any atom is -0.477 e. The van der Waals surface area contributed by atoms with E-state index in [9.17, 15) is 8.78 Å². The van der Waals surface area contributed by atoms with E-state index in [2.05, 4.69) is 10.2 Å². The molecule has 1 aromatic heterocycles. The van der Waals surface area contributed by atoms with Crippen LogP contribution >= 0.6 is 0 Å². The van der Waals surface area contributed by atoms with Crippen LogP contribution in [0.3, 0.4) is 0 Å². The van der Waals surface area contributed by atoms with Gasteiger partial charge in [0.15, 0.2) is 28.8 Å². The zero-order valence-electron chi connectivity index (χ0n) is 16.1. The largest absolute Gasteiger partial charge is 0.477 e. The minimum absolute atomic E-state index is 0.104. The van der Waals surface area contributed by atoms with E-state index in [0.29, 0.717) is 18.2 Å². The van der Waals surface area contributed by atoms with Gasteiger partial charge >= 0.3 is 0 Å². The van der Waals surface area contributed by atoms with Gasteiger partial charge in [-0.1, -0.05) is 6.07 Å². The molecule has 7 heteroatoms. The zero-order chi connectivity index (χ0) is 20.5. The number of hydrogen-bond donors (Lipinski definition) is 0. The average Bonchev–Trinajstić information content (AvgIpc) is 3.08. The fourth-order valence-corrected chi connectivity index (χ4v) is 3.02. The van der Waals surface area contributed by atoms with E-state index in [1.165, 1.54) is 18.2 Å². The van der Waals surface area contributed by atoms with Gasteiger partial charge in [0.25, 0.3) is 0 Å². The maximum atomic E-state index is 14.5. The van der Waals surface area contributed by atoms with Gasteiger partial charge in [0.1, 0.15) is 5.82 Å². The number of aryl methyl sites for hydroxylation is 1. The standard InChI is InChI=1S/C21H20F2N4O/c1-5-27-19(15-8-7-14(12-24)11-16(15)22)25-26-20(27)21(3,4)28-18-9-6-13(2)10-17(18)23/h6-11H,5H2,1-4H3. The summed E-state index contributed by atoms with van der Waals surface area (Å²) in [5.74, 6) is -0.161. The van der Waals surface area contributed by atoms with Gasteiger partial charge in [0.05, 0.1) is 17.2 Å². The van der Waals surface area contributed by atoms with Crippen molar-refractivity contribution in [3.8, 4) is 23.2 Å². The van der Waals surface area contributed by atoms with E-state index in [1.807, 2.05) is 13.0 Å². The summed E-state index contributed by atoms with van der Waals surface area (Å²) in [6.07, 6.45) is 0. The smallest absolute Gasteiger partial charge is 0.177 e. The molecule has 0 radical (unpaired) electrons. The molecule has 3 rings (SSSR count). The van der Waals surface area contributed by atoms with Gasteiger partial charge in [-0.15, -0.1) is 10.2 Å². The highest BCUT2D eigenvalue weighted by atomic mass is 19.1. The highest BCUT2D eigenvalue weighted by Crippen LogP contribution is 2.32. The van der Waals surface area contributed by atoms with Crippen LogP contribution in [0.5, 0.6) is 5.75 Å². The fraction of sp³-hybridized carbons (Fsp3) is 0.286. The second-order valence-corrected chi connectivity index (χ2v) is 6.94. The summed E-state index contributed by atoms with van der Waals surface area (Å²) < 4.78 is 36.3. The topological polar surface area (TPSA) is 63.7 Å². The van der Waals surface area contributed by atoms with Crippen molar-refractivity contribution in [2.24, 2.45) is 0 Å². The molecule has 3 aromatic rings. The Morgan fingerprint density at radius 1 is 1.11 bits per heavy atom. The van der Waals surface area contributed by atoms with Crippen LogP contribution in [0.1, 0.15) is 37.7 Å². The van der Waals surface area contributed by atoms with E-state index in [4.69, 9.17) is 10.00 Å². The molecule has 1 heterocycles. The normalized spacial score (nSPS) is 11.3. The summed E-state index contributed by atoms with van der Waals surface area (Å²) in [6.45, 7) is 7.63. The zero-order valence-corrected chi connectivity index (χ0v) is 16.1. The molecule has 0 saturated heterocycles. The first-order chi connectivity index (χ1) is 13.3. The Morgan fingerprint density at radius 2 is 1.86 bits per heavy atom. The Labute approximate surface area is 162 Å². The molecule has 0 aliphatic carbocycles. The number of benzene rings is 2. The molecular formula is C21H20F2N4O. The van der Waals surface area contributed by atoms with Crippen LogP contribution in [0.4, 0.5) is 8.78 Å². The Morgan fingerprint density at radius 3 is 2.46 bits per heavy atom. The molecule has 0 spiro atoms. The van der Waals surface area contributed by atoms with Crippen LogP contribution in [0.15, 0.2) is 36.4 Å². The van der Waals surface area contributed by atoms with E-state index < -0.39 is 17.2 Å². The van der Waals surface area contributed by atoms with Crippen LogP contribution in [0, 0.1) is 29.9 Å². The van der Waals surface area contributed by atoms with Gasteiger partial charge in [-0.2, -0.15) is 5.26 Å². The summed E-state index contributed by atoms with van der Waals surface area (Å²) >= 11 is 0. The van der Waals surface area contributed by atoms with Crippen LogP contribution < -0.4 is 4.74 Å². The number of ether oxygens (including phenoxy) is 1. The third-order valence-corrected chi connectivity index (χ3v) is 4.40. The van der Waals surface area contributed by atoms with Gasteiger partial charge in [0.2, 0.25) is 0 Å². The number of nitriles is 1. The van der Waals surface area contributed by atoms with E-state index in [-0.39, 0.29) is 16.9 Å². The molecule has 28 heavy (non-hydrogen) atoms. The highest BCUT2D eigenvalue weighted by molar-refractivity contribution is 5.58. The predicted octanol–water partition coefficient (Wildman–Crippen LogP) is 4.74. The fourth-order valence-electron chi connectivity index (χ4n) is 3.02. The highest BCUT2D eigenvalue weighted by Gasteiger charge is 2.32. The number of halogens is 2. The third-order valence-electron chi connectivity index (χ3n) is 4.40. The van der Waals surface area contributed by atoms with E-state index >= 15 is 0 Å². The van der Waals surface area contributed by atoms with Crippen LogP contribution in [0.2, 0.25) is 0 Å². The maximum Gasteiger partial charge on any atom is 0.177 e. The molecule has 0 aliphatic heterocycles. The van der Waals surface area contributed by atoms with Crippen molar-refractivity contribution in [3.05, 3.63) is 65.0 Å². The Balaban J connectivity index is 2.02. The van der Waals surface area contributed by atoms with E-state index in [0.717, 1.165) is 11.6 Å². The van der Waals surface area contributed by atoms with Gasteiger partial charge < -0.3 is 9.30 Å². The molecule has 0 unspecified atom stereocenters. The van der Waals surface area contributed by atoms with Crippen molar-refractivity contribution in [2.45, 2.75) is 39.8 Å². The summed E-state index contributed by atoms with van der Waals surface area (Å²) in [6, 6.07) is 10.8. The first kappa shape index (κ1) is 19.5. The molecule has 0 fully saturated rings. The number of aromatic nitrogens is 3. The monoisotopic (exact) mass is 382 g/mol. The lowest BCUT2D eigenvalue weighted by Gasteiger charge is -2.26. The first-order valence-corrected chi connectivity index (χ1v) is 8.85. The van der Waals surface area contributed by atoms with E-state index in [1.54, 1.807) is 37.5 Å². The van der Waals surface area contributed by atoms with Gasteiger partial charge in [-0.3, -0.25) is 0 Å². The van der Waals surface area contributed by atoms with Crippen LogP contribution in [-0.2, 0) is 12.1 Å². The lowest BCUT2D eigenvalue weighted by molar-refractivity contribution is 0.0885. The quantitative estimate of drug-likeness (QED) is 0.639. The first-order valence-electron chi connectivity index (χ1n) is 8.85. The molecule has 0 N–H and O–H groups in total. The van der Waals surface area contributed by atoms with Gasteiger partial charge in [-0.05, 0) is 63.6 Å². The SMILES string of the molecule is CCn1c(-c2ccc(C#N)cc2F)nnc1C(C)(C)Oc1ccc(C)cc1F. The van der Waals surface area contributed by atoms with Crippen molar-refractivity contribution in [1.82, 2.24) is 14.8 Å². The van der Waals surface area contributed by atoms with Crippen molar-refractivity contribution >= 4 is 0 Å². The molecule has 0 aliphatic rings. The van der Waals surface area contributed by atoms with Crippen molar-refractivity contribution in [2.75, 3.05) is 0 Å². The van der Waals surface area contributed by atoms with Crippen LogP contribution in [-0.4, -0.2) is 14.8 Å². The number of hydrogen-bond acceptors (Lipinski definition) is 4. The summed E-state index contributed by atoms with van der Waals surface area (Å²) in [5, 5.41) is 17.2. The maximum absolute atomic E-state index is 14.5. The molecule has 0 atom stereocenters. The van der Waals surface area contributed by atoms with Crippen molar-refractivity contribution in [3.63, 3.8) is 0 Å². The Hall–Kier alpha value is -3.27. The molecular weight excluding hydrogens is 362 g/mol. The lowest BCUT2D eigenvalue weighted by atomic mass is 10.1. The number of nitrogens with zero attached hydrogens (tertiary/aromatic N) is 4. The summed E-state index contributed by atoms with van der Waals surface area (Å²) in [7, 11) is 0. The summed E-state index contributed by atoms with van der Waals surface area (Å²) in [4.78, 5) is 0. The summed E-state index contributed by atoms with van der Waals surface area (Å²) in [5.41, 5.74) is 0.234. The molecule has 0 bridgehead atoms. The Kier molecular flexibility index (Phi) is 5.14. The minimum atomic E-state index is -1.01. The van der Waals surface area contributed by atoms with Crippen LogP contribution in [0.25, 0.3) is 11.4 Å². The molecule has 144 valence electrons. The molecule has 5 nitrogen and oxygen atoms in total. The average molecular weight is 382 g/mol.